The molecule has 0 spiro atoms. The normalized spacial score (nSPS) is 24.4. The van der Waals surface area contributed by atoms with Crippen molar-refractivity contribution in [2.45, 2.75) is 24.8 Å². The zero-order valence-corrected chi connectivity index (χ0v) is 7.74. The lowest BCUT2D eigenvalue weighted by Crippen LogP contribution is -2.43. The van der Waals surface area contributed by atoms with E-state index in [1.54, 1.807) is 0 Å². The molecule has 12 heavy (non-hydrogen) atoms. The third kappa shape index (κ3) is 1.44. The Kier molecular flexibility index (Phi) is 2.26. The molecule has 0 N–H and O–H groups in total. The molecule has 1 aliphatic heterocycles. The van der Waals surface area contributed by atoms with E-state index in [2.05, 4.69) is 9.69 Å². The largest absolute Gasteiger partial charge is 0.295 e. The lowest BCUT2D eigenvalue weighted by atomic mass is 10.2. The van der Waals surface area contributed by atoms with Gasteiger partial charge in [0, 0.05) is 18.9 Å². The first-order chi connectivity index (χ1) is 5.88. The van der Waals surface area contributed by atoms with Gasteiger partial charge in [-0.15, -0.1) is 0 Å². The Morgan fingerprint density at radius 1 is 1.17 bits per heavy atom. The van der Waals surface area contributed by atoms with Gasteiger partial charge in [0.25, 0.3) is 0 Å². The molecule has 0 bridgehead atoms. The van der Waals surface area contributed by atoms with E-state index < -0.39 is 0 Å². The molecule has 0 aliphatic carbocycles. The number of nitrogens with zero attached hydrogens (tertiary/aromatic N) is 2. The fourth-order valence-corrected chi connectivity index (χ4v) is 1.99. The number of alkyl halides is 1. The van der Waals surface area contributed by atoms with Crippen LogP contribution in [0.15, 0.2) is 24.5 Å². The molecule has 2 heterocycles. The summed E-state index contributed by atoms with van der Waals surface area (Å²) in [6.07, 6.45) is 7.69. The number of hydrogen-bond donors (Lipinski definition) is 0. The van der Waals surface area contributed by atoms with Crippen molar-refractivity contribution < 1.29 is 0 Å². The maximum atomic E-state index is 6.18. The molecule has 1 atom stereocenters. The quantitative estimate of drug-likeness (QED) is 0.480. The van der Waals surface area contributed by atoms with Crippen LogP contribution in [0.3, 0.4) is 0 Å². The van der Waals surface area contributed by atoms with Crippen LogP contribution in [0.5, 0.6) is 0 Å². The van der Waals surface area contributed by atoms with Crippen LogP contribution in [0.25, 0.3) is 0 Å². The summed E-state index contributed by atoms with van der Waals surface area (Å²) in [5.41, 5.74) is 0.172. The Morgan fingerprint density at radius 2 is 1.92 bits per heavy atom. The van der Waals surface area contributed by atoms with Crippen molar-refractivity contribution in [1.29, 1.82) is 0 Å². The number of rotatable bonds is 1. The highest BCUT2D eigenvalue weighted by atomic mass is 35.5. The van der Waals surface area contributed by atoms with Crippen molar-refractivity contribution in [3.05, 3.63) is 24.5 Å². The summed E-state index contributed by atoms with van der Waals surface area (Å²) < 4.78 is 2.08. The van der Waals surface area contributed by atoms with E-state index in [-0.39, 0.29) is 5.50 Å². The van der Waals surface area contributed by atoms with E-state index in [1.165, 1.54) is 12.8 Å². The van der Waals surface area contributed by atoms with Gasteiger partial charge in [-0.2, -0.15) is 0 Å². The molecule has 0 radical (unpaired) electrons. The molecule has 3 heteroatoms. The summed E-state index contributed by atoms with van der Waals surface area (Å²) >= 11 is 6.18. The Morgan fingerprint density at radius 3 is 2.58 bits per heavy atom. The first-order valence-corrected chi connectivity index (χ1v) is 4.85. The fraction of sp³-hybridized carbons (Fsp3) is 0.556. The van der Waals surface area contributed by atoms with Crippen LogP contribution >= 0.6 is 11.6 Å². The van der Waals surface area contributed by atoms with Crippen LogP contribution in [0.1, 0.15) is 19.3 Å². The van der Waals surface area contributed by atoms with Gasteiger partial charge >= 0.3 is 0 Å². The van der Waals surface area contributed by atoms with Crippen molar-refractivity contribution in [3.8, 4) is 0 Å². The highest BCUT2D eigenvalue weighted by Crippen LogP contribution is 2.18. The molecule has 2 rings (SSSR count). The minimum absolute atomic E-state index is 0.172. The highest BCUT2D eigenvalue weighted by molar-refractivity contribution is 6.21. The molecule has 2 nitrogen and oxygen atoms in total. The summed E-state index contributed by atoms with van der Waals surface area (Å²) in [6, 6.07) is 4.05. The predicted octanol–water partition coefficient (Wildman–Crippen LogP) is 2.17. The van der Waals surface area contributed by atoms with Crippen LogP contribution in [0, 0.1) is 0 Å². The van der Waals surface area contributed by atoms with E-state index in [9.17, 15) is 0 Å². The van der Waals surface area contributed by atoms with Crippen LogP contribution < -0.4 is 5.01 Å². The van der Waals surface area contributed by atoms with Crippen molar-refractivity contribution >= 4 is 11.6 Å². The van der Waals surface area contributed by atoms with Crippen LogP contribution in [0.2, 0.25) is 0 Å². The molecule has 66 valence electrons. The van der Waals surface area contributed by atoms with Gasteiger partial charge in [-0.3, -0.25) is 9.69 Å². The summed E-state index contributed by atoms with van der Waals surface area (Å²) in [4.78, 5) is 0. The smallest absolute Gasteiger partial charge is 0.119 e. The summed E-state index contributed by atoms with van der Waals surface area (Å²) in [7, 11) is 0. The summed E-state index contributed by atoms with van der Waals surface area (Å²) in [5, 5.41) is 2.20. The van der Waals surface area contributed by atoms with Gasteiger partial charge in [0.1, 0.15) is 5.50 Å². The van der Waals surface area contributed by atoms with Gasteiger partial charge in [-0.1, -0.05) is 11.6 Å². The molecular weight excluding hydrogens is 172 g/mol. The minimum Gasteiger partial charge on any atom is -0.295 e. The number of halogens is 1. The van der Waals surface area contributed by atoms with Gasteiger partial charge in [0.15, 0.2) is 0 Å². The molecule has 0 saturated carbocycles. The standard InChI is InChI=1S/C9H13ClN2/c10-9-5-1-2-8-12(9)11-6-3-4-7-11/h3-4,6-7,9H,1-2,5,8H2. The van der Waals surface area contributed by atoms with E-state index >= 15 is 0 Å². The van der Waals surface area contributed by atoms with Gasteiger partial charge in [-0.25, -0.2) is 0 Å². The maximum absolute atomic E-state index is 6.18. The zero-order valence-electron chi connectivity index (χ0n) is 6.99. The SMILES string of the molecule is ClC1CCCCN1n1cccc1. The molecule has 1 fully saturated rings. The first kappa shape index (κ1) is 7.99. The highest BCUT2D eigenvalue weighted by Gasteiger charge is 2.19. The average molecular weight is 185 g/mol. The van der Waals surface area contributed by atoms with Crippen molar-refractivity contribution in [3.63, 3.8) is 0 Å². The third-order valence-electron chi connectivity index (χ3n) is 2.29. The predicted molar refractivity (Wildman–Crippen MR) is 51.0 cm³/mol. The Hall–Kier alpha value is -0.630. The lowest BCUT2D eigenvalue weighted by Gasteiger charge is -2.34. The molecule has 0 amide bonds. The molecule has 1 saturated heterocycles. The van der Waals surface area contributed by atoms with Crippen molar-refractivity contribution in [1.82, 2.24) is 4.68 Å². The Balaban J connectivity index is 2.11. The third-order valence-corrected chi connectivity index (χ3v) is 2.73. The second kappa shape index (κ2) is 3.40. The van der Waals surface area contributed by atoms with Gasteiger partial charge in [0.05, 0.1) is 0 Å². The number of piperidine rings is 1. The maximum Gasteiger partial charge on any atom is 0.119 e. The monoisotopic (exact) mass is 184 g/mol. The summed E-state index contributed by atoms with van der Waals surface area (Å²) in [6.45, 7) is 1.07. The first-order valence-electron chi connectivity index (χ1n) is 4.42. The number of aromatic nitrogens is 1. The van der Waals surface area contributed by atoms with Gasteiger partial charge in [-0.05, 0) is 31.4 Å². The fourth-order valence-electron chi connectivity index (χ4n) is 1.63. The molecule has 0 aromatic carbocycles. The lowest BCUT2D eigenvalue weighted by molar-refractivity contribution is 0.451. The van der Waals surface area contributed by atoms with Crippen molar-refractivity contribution in [2.75, 3.05) is 11.6 Å². The second-order valence-electron chi connectivity index (χ2n) is 3.16. The Bertz CT molecular complexity index is 233. The molecule has 1 aliphatic rings. The number of hydrogen-bond acceptors (Lipinski definition) is 1. The van der Waals surface area contributed by atoms with E-state index in [0.29, 0.717) is 0 Å². The van der Waals surface area contributed by atoms with E-state index in [4.69, 9.17) is 11.6 Å². The van der Waals surface area contributed by atoms with Crippen molar-refractivity contribution in [2.24, 2.45) is 0 Å². The molecule has 1 aromatic heterocycles. The van der Waals surface area contributed by atoms with Crippen LogP contribution in [-0.2, 0) is 0 Å². The Labute approximate surface area is 77.7 Å². The van der Waals surface area contributed by atoms with Crippen LogP contribution in [0.4, 0.5) is 0 Å². The summed E-state index contributed by atoms with van der Waals surface area (Å²) in [5.74, 6) is 0. The minimum atomic E-state index is 0.172. The van der Waals surface area contributed by atoms with Gasteiger partial charge in [0.2, 0.25) is 0 Å². The molecule has 1 aromatic rings. The van der Waals surface area contributed by atoms with E-state index in [1.807, 2.05) is 24.5 Å². The topological polar surface area (TPSA) is 8.17 Å². The molecule has 1 unspecified atom stereocenters. The zero-order chi connectivity index (χ0) is 8.39. The second-order valence-corrected chi connectivity index (χ2v) is 3.66. The van der Waals surface area contributed by atoms with Crippen LogP contribution in [-0.4, -0.2) is 16.7 Å². The average Bonchev–Trinajstić information content (AvgIpc) is 2.57. The van der Waals surface area contributed by atoms with Gasteiger partial charge < -0.3 is 0 Å². The van der Waals surface area contributed by atoms with E-state index in [0.717, 1.165) is 13.0 Å². The molecular formula is C9H13ClN2.